The van der Waals surface area contributed by atoms with Crippen LogP contribution in [-0.2, 0) is 14.8 Å². The first-order chi connectivity index (χ1) is 12.0. The van der Waals surface area contributed by atoms with E-state index in [0.29, 0.717) is 10.6 Å². The van der Waals surface area contributed by atoms with Gasteiger partial charge in [-0.15, -0.1) is 11.8 Å². The minimum atomic E-state index is -3.89. The van der Waals surface area contributed by atoms with Crippen molar-refractivity contribution in [1.82, 2.24) is 9.29 Å². The molecule has 0 bridgehead atoms. The summed E-state index contributed by atoms with van der Waals surface area (Å²) in [4.78, 5) is 28.4. The molecule has 3 rings (SSSR count). The zero-order valence-corrected chi connectivity index (χ0v) is 14.8. The fraction of sp³-hybridized carbons (Fsp3) is 0.188. The Kier molecular flexibility index (Phi) is 4.78. The van der Waals surface area contributed by atoms with Gasteiger partial charge in [0.15, 0.2) is 0 Å². The summed E-state index contributed by atoms with van der Waals surface area (Å²) in [6.07, 6.45) is 3.35. The van der Waals surface area contributed by atoms with E-state index in [-0.39, 0.29) is 23.6 Å². The summed E-state index contributed by atoms with van der Waals surface area (Å²) >= 11 is 1.30. The highest BCUT2D eigenvalue weighted by molar-refractivity contribution is 7.98. The Morgan fingerprint density at radius 1 is 1.24 bits per heavy atom. The number of aromatic nitrogens is 1. The Morgan fingerprint density at radius 3 is 2.72 bits per heavy atom. The normalized spacial score (nSPS) is 15.1. The molecule has 0 atom stereocenters. The van der Waals surface area contributed by atoms with Crippen molar-refractivity contribution in [3.8, 4) is 0 Å². The monoisotopic (exact) mass is 378 g/mol. The predicted octanol–water partition coefficient (Wildman–Crippen LogP) is 1.81. The van der Waals surface area contributed by atoms with Gasteiger partial charge in [-0.2, -0.15) is 0 Å². The van der Waals surface area contributed by atoms with E-state index in [1.54, 1.807) is 36.7 Å². The standard InChI is InChI=1S/C16H14N2O5S2/c1-24-14-12(6-4-8-17-14)16(20)23-10-9-18-15(19)11-5-2-3-7-13(11)25(18,21)22/h2-8H,9-10H2,1H3. The molecule has 0 saturated carbocycles. The molecule has 0 N–H and O–H groups in total. The van der Waals surface area contributed by atoms with Crippen LogP contribution in [0.1, 0.15) is 20.7 Å². The van der Waals surface area contributed by atoms with E-state index in [2.05, 4.69) is 4.98 Å². The SMILES string of the molecule is CSc1ncccc1C(=O)OCCN1C(=O)c2ccccc2S1(=O)=O. The summed E-state index contributed by atoms with van der Waals surface area (Å²) < 4.78 is 30.6. The van der Waals surface area contributed by atoms with E-state index in [1.807, 2.05) is 0 Å². The average molecular weight is 378 g/mol. The lowest BCUT2D eigenvalue weighted by Crippen LogP contribution is -2.33. The summed E-state index contributed by atoms with van der Waals surface area (Å²) in [5, 5.41) is 0.518. The van der Waals surface area contributed by atoms with E-state index < -0.39 is 21.9 Å². The molecule has 0 saturated heterocycles. The average Bonchev–Trinajstić information content (AvgIpc) is 2.82. The van der Waals surface area contributed by atoms with Crippen molar-refractivity contribution in [1.29, 1.82) is 0 Å². The number of amides is 1. The number of pyridine rings is 1. The van der Waals surface area contributed by atoms with Crippen LogP contribution in [0.5, 0.6) is 0 Å². The highest BCUT2D eigenvalue weighted by Crippen LogP contribution is 2.29. The van der Waals surface area contributed by atoms with Gasteiger partial charge in [0.25, 0.3) is 15.9 Å². The summed E-state index contributed by atoms with van der Waals surface area (Å²) in [5.74, 6) is -1.23. The molecule has 0 unspecified atom stereocenters. The maximum Gasteiger partial charge on any atom is 0.340 e. The first-order valence-electron chi connectivity index (χ1n) is 7.29. The lowest BCUT2D eigenvalue weighted by atomic mass is 10.2. The van der Waals surface area contributed by atoms with Gasteiger partial charge in [-0.05, 0) is 30.5 Å². The molecule has 130 valence electrons. The zero-order valence-electron chi connectivity index (χ0n) is 13.2. The number of ether oxygens (including phenoxy) is 1. The minimum absolute atomic E-state index is 0.0248. The molecule has 7 nitrogen and oxygen atoms in total. The van der Waals surface area contributed by atoms with Gasteiger partial charge >= 0.3 is 5.97 Å². The molecule has 1 aliphatic rings. The first-order valence-corrected chi connectivity index (χ1v) is 9.95. The lowest BCUT2D eigenvalue weighted by Gasteiger charge is -2.15. The Hall–Kier alpha value is -2.39. The molecule has 25 heavy (non-hydrogen) atoms. The van der Waals surface area contributed by atoms with Crippen molar-refractivity contribution >= 4 is 33.7 Å². The number of carbonyl (C=O) groups excluding carboxylic acids is 2. The quantitative estimate of drug-likeness (QED) is 0.578. The second kappa shape index (κ2) is 6.85. The highest BCUT2D eigenvalue weighted by Gasteiger charge is 2.40. The van der Waals surface area contributed by atoms with E-state index in [1.165, 1.54) is 23.9 Å². The van der Waals surface area contributed by atoms with Crippen LogP contribution in [-0.4, -0.2) is 49.0 Å². The van der Waals surface area contributed by atoms with Crippen molar-refractivity contribution in [2.75, 3.05) is 19.4 Å². The third-order valence-corrected chi connectivity index (χ3v) is 6.18. The van der Waals surface area contributed by atoms with E-state index >= 15 is 0 Å². The lowest BCUT2D eigenvalue weighted by molar-refractivity contribution is 0.0473. The van der Waals surface area contributed by atoms with Crippen LogP contribution in [0.3, 0.4) is 0 Å². The van der Waals surface area contributed by atoms with Crippen LogP contribution in [0.25, 0.3) is 0 Å². The molecule has 1 amide bonds. The van der Waals surface area contributed by atoms with Gasteiger partial charge in [-0.1, -0.05) is 12.1 Å². The van der Waals surface area contributed by atoms with E-state index in [0.717, 1.165) is 4.31 Å². The fourth-order valence-corrected chi connectivity index (χ4v) is 4.55. The first kappa shape index (κ1) is 17.4. The van der Waals surface area contributed by atoms with Gasteiger partial charge in [0.2, 0.25) is 0 Å². The number of benzene rings is 1. The Morgan fingerprint density at radius 2 is 2.00 bits per heavy atom. The molecule has 1 aromatic carbocycles. The van der Waals surface area contributed by atoms with E-state index in [9.17, 15) is 18.0 Å². The van der Waals surface area contributed by atoms with Gasteiger partial charge in [-0.3, -0.25) is 4.79 Å². The molecular formula is C16H14N2O5S2. The summed E-state index contributed by atoms with van der Waals surface area (Å²) in [7, 11) is -3.89. The summed E-state index contributed by atoms with van der Waals surface area (Å²) in [6, 6.07) is 9.19. The number of fused-ring (bicyclic) bond motifs is 1. The third kappa shape index (κ3) is 3.12. The molecule has 1 aromatic heterocycles. The smallest absolute Gasteiger partial charge is 0.340 e. The van der Waals surface area contributed by atoms with Crippen LogP contribution >= 0.6 is 11.8 Å². The fourth-order valence-electron chi connectivity index (χ4n) is 2.46. The Bertz CT molecular complexity index is 943. The van der Waals surface area contributed by atoms with Gasteiger partial charge in [0, 0.05) is 6.20 Å². The zero-order chi connectivity index (χ0) is 18.0. The molecule has 2 aromatic rings. The van der Waals surface area contributed by atoms with Crippen molar-refractivity contribution in [2.24, 2.45) is 0 Å². The van der Waals surface area contributed by atoms with E-state index in [4.69, 9.17) is 4.74 Å². The van der Waals surface area contributed by atoms with Crippen molar-refractivity contribution in [2.45, 2.75) is 9.92 Å². The second-order valence-corrected chi connectivity index (χ2v) is 7.70. The number of hydrogen-bond acceptors (Lipinski definition) is 7. The second-order valence-electron chi connectivity index (χ2n) is 5.07. The van der Waals surface area contributed by atoms with Crippen LogP contribution in [0, 0.1) is 0 Å². The van der Waals surface area contributed by atoms with Gasteiger partial charge in [-0.25, -0.2) is 22.5 Å². The molecule has 0 spiro atoms. The Balaban J connectivity index is 1.69. The predicted molar refractivity (Wildman–Crippen MR) is 91.0 cm³/mol. The molecular weight excluding hydrogens is 364 g/mol. The van der Waals surface area contributed by atoms with Crippen molar-refractivity contribution in [3.05, 3.63) is 53.7 Å². The molecule has 0 fully saturated rings. The molecule has 1 aliphatic heterocycles. The van der Waals surface area contributed by atoms with Crippen LogP contribution < -0.4 is 0 Å². The maximum absolute atomic E-state index is 12.4. The van der Waals surface area contributed by atoms with Crippen LogP contribution in [0.4, 0.5) is 0 Å². The third-order valence-electron chi connectivity index (χ3n) is 3.62. The number of carbonyl (C=O) groups is 2. The largest absolute Gasteiger partial charge is 0.460 e. The molecule has 2 heterocycles. The number of rotatable bonds is 5. The van der Waals surface area contributed by atoms with Gasteiger partial charge < -0.3 is 4.74 Å². The molecule has 9 heteroatoms. The van der Waals surface area contributed by atoms with Crippen molar-refractivity contribution in [3.63, 3.8) is 0 Å². The number of sulfonamides is 1. The topological polar surface area (TPSA) is 93.6 Å². The number of nitrogens with zero attached hydrogens (tertiary/aromatic N) is 2. The molecule has 0 radical (unpaired) electrons. The highest BCUT2D eigenvalue weighted by atomic mass is 32.2. The number of hydrogen-bond donors (Lipinski definition) is 0. The van der Waals surface area contributed by atoms with Crippen molar-refractivity contribution < 1.29 is 22.7 Å². The number of esters is 1. The summed E-state index contributed by atoms with van der Waals surface area (Å²) in [5.41, 5.74) is 0.430. The minimum Gasteiger partial charge on any atom is -0.460 e. The Labute approximate surface area is 149 Å². The summed E-state index contributed by atoms with van der Waals surface area (Å²) in [6.45, 7) is -0.475. The van der Waals surface area contributed by atoms with Crippen LogP contribution in [0.15, 0.2) is 52.5 Å². The number of thioether (sulfide) groups is 1. The van der Waals surface area contributed by atoms with Gasteiger partial charge in [0.1, 0.15) is 16.5 Å². The van der Waals surface area contributed by atoms with Crippen LogP contribution in [0.2, 0.25) is 0 Å². The van der Waals surface area contributed by atoms with Gasteiger partial charge in [0.05, 0.1) is 17.7 Å². The molecule has 0 aliphatic carbocycles. The maximum atomic E-state index is 12.4.